The Labute approximate surface area is 168 Å². The van der Waals surface area contributed by atoms with Gasteiger partial charge in [0.1, 0.15) is 11.5 Å². The van der Waals surface area contributed by atoms with Gasteiger partial charge in [0.05, 0.1) is 5.69 Å². The minimum atomic E-state index is 0.716. The van der Waals surface area contributed by atoms with Crippen molar-refractivity contribution in [1.29, 1.82) is 0 Å². The van der Waals surface area contributed by atoms with E-state index in [-0.39, 0.29) is 0 Å². The Hall–Kier alpha value is -3.99. The summed E-state index contributed by atoms with van der Waals surface area (Å²) in [6.07, 6.45) is 0. The molecule has 0 bridgehead atoms. The van der Waals surface area contributed by atoms with Gasteiger partial charge < -0.3 is 0 Å². The largest absolute Gasteiger partial charge is 0.281 e. The second-order valence-electron chi connectivity index (χ2n) is 6.77. The van der Waals surface area contributed by atoms with Crippen LogP contribution >= 0.6 is 0 Å². The van der Waals surface area contributed by atoms with Crippen LogP contribution in [0, 0.1) is 6.92 Å². The first-order valence-electron chi connectivity index (χ1n) is 9.50. The maximum absolute atomic E-state index is 4.77. The number of azo groups is 1. The minimum absolute atomic E-state index is 0.716. The highest BCUT2D eigenvalue weighted by Gasteiger charge is 2.19. The monoisotopic (exact) mass is 377 g/mol. The first-order chi connectivity index (χ1) is 14.3. The number of benzene rings is 3. The number of rotatable bonds is 4. The minimum Gasteiger partial charge on any atom is -0.281 e. The van der Waals surface area contributed by atoms with Gasteiger partial charge in [0.25, 0.3) is 0 Å². The van der Waals surface area contributed by atoms with Crippen LogP contribution in [0.4, 0.5) is 11.5 Å². The zero-order chi connectivity index (χ0) is 19.6. The highest BCUT2D eigenvalue weighted by atomic mass is 15.4. The molecule has 0 atom stereocenters. The normalized spacial score (nSPS) is 11.5. The number of hydrogen-bond acceptors (Lipinski definition) is 3. The molecular formula is C24H19N5. The van der Waals surface area contributed by atoms with Crippen molar-refractivity contribution < 1.29 is 0 Å². The standard InChI is InChI=1S/C24H19N5/c1-18-27-29-23(28(18)21-15-9-4-10-16-21)17-22(19-11-5-2-6-12-19)24(29)26-25-20-13-7-3-8-14-20/h2-17H,1H3. The topological polar surface area (TPSA) is 46.9 Å². The lowest BCUT2D eigenvalue weighted by molar-refractivity contribution is 0.914. The van der Waals surface area contributed by atoms with E-state index in [0.29, 0.717) is 5.82 Å². The van der Waals surface area contributed by atoms with Gasteiger partial charge in [-0.2, -0.15) is 9.61 Å². The van der Waals surface area contributed by atoms with Crippen molar-refractivity contribution in [3.05, 3.63) is 103 Å². The molecule has 0 N–H and O–H groups in total. The molecule has 0 amide bonds. The van der Waals surface area contributed by atoms with Crippen molar-refractivity contribution in [2.45, 2.75) is 6.92 Å². The number of nitrogens with zero attached hydrogens (tertiary/aromatic N) is 5. The molecule has 0 spiro atoms. The molecule has 2 aromatic heterocycles. The van der Waals surface area contributed by atoms with E-state index in [9.17, 15) is 0 Å². The molecule has 0 aliphatic carbocycles. The lowest BCUT2D eigenvalue weighted by Crippen LogP contribution is -1.95. The van der Waals surface area contributed by atoms with Crippen molar-refractivity contribution in [2.75, 3.05) is 0 Å². The second-order valence-corrected chi connectivity index (χ2v) is 6.77. The van der Waals surface area contributed by atoms with Crippen LogP contribution in [0.3, 0.4) is 0 Å². The predicted octanol–water partition coefficient (Wildman–Crippen LogP) is 6.52. The SMILES string of the molecule is Cc1nn2c(N=Nc3ccccc3)c(-c3ccccc3)cc2n1-c1ccccc1. The fourth-order valence-electron chi connectivity index (χ4n) is 3.51. The lowest BCUT2D eigenvalue weighted by atomic mass is 10.1. The number of aryl methyl sites for hydroxylation is 1. The highest BCUT2D eigenvalue weighted by Crippen LogP contribution is 2.36. The molecule has 5 rings (SSSR count). The van der Waals surface area contributed by atoms with Crippen LogP contribution < -0.4 is 0 Å². The van der Waals surface area contributed by atoms with Crippen LogP contribution in [-0.4, -0.2) is 14.2 Å². The van der Waals surface area contributed by atoms with Crippen molar-refractivity contribution in [1.82, 2.24) is 14.2 Å². The van der Waals surface area contributed by atoms with E-state index in [4.69, 9.17) is 5.10 Å². The molecule has 0 unspecified atom stereocenters. The molecule has 5 heteroatoms. The van der Waals surface area contributed by atoms with Gasteiger partial charge in [-0.1, -0.05) is 66.7 Å². The van der Waals surface area contributed by atoms with Gasteiger partial charge in [0, 0.05) is 11.3 Å². The molecule has 29 heavy (non-hydrogen) atoms. The fraction of sp³-hybridized carbons (Fsp3) is 0.0417. The third-order valence-corrected chi connectivity index (χ3v) is 4.84. The summed E-state index contributed by atoms with van der Waals surface area (Å²) in [6, 6.07) is 32.3. The maximum Gasteiger partial charge on any atom is 0.185 e. The molecule has 140 valence electrons. The Kier molecular flexibility index (Phi) is 4.26. The molecule has 0 fully saturated rings. The van der Waals surface area contributed by atoms with E-state index >= 15 is 0 Å². The van der Waals surface area contributed by atoms with Gasteiger partial charge >= 0.3 is 0 Å². The smallest absolute Gasteiger partial charge is 0.185 e. The zero-order valence-corrected chi connectivity index (χ0v) is 16.0. The third-order valence-electron chi connectivity index (χ3n) is 4.84. The molecule has 5 aromatic rings. The van der Waals surface area contributed by atoms with Crippen LogP contribution in [0.5, 0.6) is 0 Å². The fourth-order valence-corrected chi connectivity index (χ4v) is 3.51. The Morgan fingerprint density at radius 1 is 0.724 bits per heavy atom. The van der Waals surface area contributed by atoms with Crippen molar-refractivity contribution in [3.8, 4) is 16.8 Å². The predicted molar refractivity (Wildman–Crippen MR) is 115 cm³/mol. The summed E-state index contributed by atoms with van der Waals surface area (Å²) in [4.78, 5) is 0. The van der Waals surface area contributed by atoms with E-state index in [2.05, 4.69) is 45.1 Å². The van der Waals surface area contributed by atoms with Gasteiger partial charge in [0.15, 0.2) is 5.82 Å². The van der Waals surface area contributed by atoms with E-state index in [1.807, 2.05) is 78.2 Å². The van der Waals surface area contributed by atoms with Gasteiger partial charge in [-0.25, -0.2) is 0 Å². The van der Waals surface area contributed by atoms with Crippen molar-refractivity contribution in [3.63, 3.8) is 0 Å². The van der Waals surface area contributed by atoms with Crippen LogP contribution in [0.2, 0.25) is 0 Å². The summed E-state index contributed by atoms with van der Waals surface area (Å²) >= 11 is 0. The van der Waals surface area contributed by atoms with Crippen molar-refractivity contribution >= 4 is 17.2 Å². The molecule has 0 aliphatic heterocycles. The maximum atomic E-state index is 4.77. The Bertz CT molecular complexity index is 1280. The van der Waals surface area contributed by atoms with Crippen LogP contribution in [0.1, 0.15) is 5.82 Å². The zero-order valence-electron chi connectivity index (χ0n) is 16.0. The molecule has 0 aliphatic rings. The molecule has 0 saturated carbocycles. The van der Waals surface area contributed by atoms with Crippen LogP contribution in [0.15, 0.2) is 107 Å². The molecule has 5 nitrogen and oxygen atoms in total. The van der Waals surface area contributed by atoms with Gasteiger partial charge in [-0.15, -0.1) is 10.2 Å². The lowest BCUT2D eigenvalue weighted by Gasteiger charge is -2.04. The summed E-state index contributed by atoms with van der Waals surface area (Å²) in [5.74, 6) is 1.61. The number of fused-ring (bicyclic) bond motifs is 1. The molecule has 2 heterocycles. The molecular weight excluding hydrogens is 358 g/mol. The average molecular weight is 377 g/mol. The van der Waals surface area contributed by atoms with Gasteiger partial charge in [-0.05, 0) is 42.8 Å². The van der Waals surface area contributed by atoms with E-state index in [1.54, 1.807) is 0 Å². The summed E-state index contributed by atoms with van der Waals surface area (Å²) in [7, 11) is 0. The average Bonchev–Trinajstić information content (AvgIpc) is 3.28. The van der Waals surface area contributed by atoms with Crippen LogP contribution in [0.25, 0.3) is 22.5 Å². The Balaban J connectivity index is 1.74. The van der Waals surface area contributed by atoms with Gasteiger partial charge in [-0.3, -0.25) is 4.57 Å². The van der Waals surface area contributed by atoms with E-state index in [1.165, 1.54) is 0 Å². The Morgan fingerprint density at radius 2 is 1.34 bits per heavy atom. The highest BCUT2D eigenvalue weighted by molar-refractivity contribution is 5.80. The summed E-state index contributed by atoms with van der Waals surface area (Å²) in [5.41, 5.74) is 4.90. The first kappa shape index (κ1) is 17.1. The summed E-state index contributed by atoms with van der Waals surface area (Å²) < 4.78 is 4.01. The number of hydrogen-bond donors (Lipinski definition) is 0. The molecule has 0 radical (unpaired) electrons. The van der Waals surface area contributed by atoms with E-state index < -0.39 is 0 Å². The molecule has 3 aromatic carbocycles. The first-order valence-corrected chi connectivity index (χ1v) is 9.50. The van der Waals surface area contributed by atoms with Gasteiger partial charge in [0.2, 0.25) is 0 Å². The quantitative estimate of drug-likeness (QED) is 0.329. The summed E-state index contributed by atoms with van der Waals surface area (Å²) in [6.45, 7) is 2.00. The Morgan fingerprint density at radius 3 is 2.03 bits per heavy atom. The van der Waals surface area contributed by atoms with E-state index in [0.717, 1.165) is 34.0 Å². The second kappa shape index (κ2) is 7.20. The third kappa shape index (κ3) is 3.12. The van der Waals surface area contributed by atoms with Crippen molar-refractivity contribution in [2.24, 2.45) is 10.2 Å². The summed E-state index contributed by atoms with van der Waals surface area (Å²) in [5, 5.41) is 13.8. The molecule has 0 saturated heterocycles. The number of para-hydroxylation sites is 1. The van der Waals surface area contributed by atoms with Crippen LogP contribution in [-0.2, 0) is 0 Å². The number of aromatic nitrogens is 3.